The molecule has 0 fully saturated rings. The van der Waals surface area contributed by atoms with Gasteiger partial charge >= 0.3 is 0 Å². The molecule has 0 aliphatic carbocycles. The van der Waals surface area contributed by atoms with Gasteiger partial charge in [0.2, 0.25) is 5.91 Å². The molecule has 0 aromatic heterocycles. The first-order chi connectivity index (χ1) is 13.5. The average molecular weight is 371 g/mol. The average Bonchev–Trinajstić information content (AvgIpc) is 2.73. The predicted molar refractivity (Wildman–Crippen MR) is 110 cm³/mol. The van der Waals surface area contributed by atoms with E-state index in [2.05, 4.69) is 5.32 Å². The van der Waals surface area contributed by atoms with Gasteiger partial charge in [0.05, 0.1) is 5.92 Å². The standard InChI is InChI=1S/C24H21NO3/c1-16(24(28)25-22-13-11-18(12-14-22)17(2)26)20-9-6-10-21(15-20)23(27)19-7-4-3-5-8-19/h3-16H,1-2H3,(H,25,28)/t16-/m0/s1. The van der Waals surface area contributed by atoms with E-state index in [9.17, 15) is 14.4 Å². The smallest absolute Gasteiger partial charge is 0.231 e. The molecule has 4 heteroatoms. The van der Waals surface area contributed by atoms with Crippen molar-refractivity contribution in [1.29, 1.82) is 0 Å². The van der Waals surface area contributed by atoms with Gasteiger partial charge in [0.1, 0.15) is 0 Å². The third kappa shape index (κ3) is 4.41. The topological polar surface area (TPSA) is 63.2 Å². The number of amides is 1. The van der Waals surface area contributed by atoms with Crippen LogP contribution in [0.2, 0.25) is 0 Å². The Morgan fingerprint density at radius 2 is 1.39 bits per heavy atom. The van der Waals surface area contributed by atoms with E-state index in [-0.39, 0.29) is 17.5 Å². The minimum atomic E-state index is -0.434. The monoisotopic (exact) mass is 371 g/mol. The highest BCUT2D eigenvalue weighted by molar-refractivity contribution is 6.09. The summed E-state index contributed by atoms with van der Waals surface area (Å²) in [4.78, 5) is 36.6. The maximum Gasteiger partial charge on any atom is 0.231 e. The molecular formula is C24H21NO3. The summed E-state index contributed by atoms with van der Waals surface area (Å²) in [5.74, 6) is -0.711. The summed E-state index contributed by atoms with van der Waals surface area (Å²) in [6, 6.07) is 23.0. The van der Waals surface area contributed by atoms with Crippen LogP contribution in [0.4, 0.5) is 5.69 Å². The van der Waals surface area contributed by atoms with Gasteiger partial charge in [0, 0.05) is 22.4 Å². The minimum Gasteiger partial charge on any atom is -0.326 e. The van der Waals surface area contributed by atoms with Gasteiger partial charge in [-0.15, -0.1) is 0 Å². The van der Waals surface area contributed by atoms with E-state index in [0.717, 1.165) is 5.56 Å². The summed E-state index contributed by atoms with van der Waals surface area (Å²) in [6.45, 7) is 3.30. The summed E-state index contributed by atoms with van der Waals surface area (Å²) in [7, 11) is 0. The Labute approximate surface area is 164 Å². The Morgan fingerprint density at radius 1 is 0.750 bits per heavy atom. The molecule has 0 radical (unpaired) electrons. The van der Waals surface area contributed by atoms with Crippen LogP contribution in [-0.2, 0) is 4.79 Å². The van der Waals surface area contributed by atoms with Crippen LogP contribution in [0.25, 0.3) is 0 Å². The van der Waals surface area contributed by atoms with Crippen molar-refractivity contribution in [3.05, 3.63) is 101 Å². The number of hydrogen-bond acceptors (Lipinski definition) is 3. The lowest BCUT2D eigenvalue weighted by Crippen LogP contribution is -2.19. The molecule has 1 N–H and O–H groups in total. The molecule has 3 aromatic rings. The largest absolute Gasteiger partial charge is 0.326 e. The summed E-state index contributed by atoms with van der Waals surface area (Å²) >= 11 is 0. The third-order valence-corrected chi connectivity index (χ3v) is 4.64. The van der Waals surface area contributed by atoms with Gasteiger partial charge < -0.3 is 5.32 Å². The minimum absolute atomic E-state index is 0.0221. The maximum absolute atomic E-state index is 12.6. The van der Waals surface area contributed by atoms with E-state index in [1.165, 1.54) is 6.92 Å². The van der Waals surface area contributed by atoms with Gasteiger partial charge in [-0.3, -0.25) is 14.4 Å². The highest BCUT2D eigenvalue weighted by atomic mass is 16.2. The highest BCUT2D eigenvalue weighted by Gasteiger charge is 2.17. The summed E-state index contributed by atoms with van der Waals surface area (Å²) in [5, 5.41) is 2.85. The Morgan fingerprint density at radius 3 is 2.04 bits per heavy atom. The van der Waals surface area contributed by atoms with Crippen LogP contribution in [0.5, 0.6) is 0 Å². The first-order valence-electron chi connectivity index (χ1n) is 9.07. The number of ketones is 2. The molecule has 1 atom stereocenters. The second kappa shape index (κ2) is 8.44. The third-order valence-electron chi connectivity index (χ3n) is 4.64. The first kappa shape index (κ1) is 19.2. The highest BCUT2D eigenvalue weighted by Crippen LogP contribution is 2.21. The molecule has 0 saturated carbocycles. The molecule has 0 unspecified atom stereocenters. The molecule has 0 aliphatic heterocycles. The SMILES string of the molecule is CC(=O)c1ccc(NC(=O)[C@@H](C)c2cccc(C(=O)c3ccccc3)c2)cc1. The normalized spacial score (nSPS) is 11.5. The molecule has 0 saturated heterocycles. The van der Waals surface area contributed by atoms with E-state index in [1.54, 1.807) is 61.5 Å². The van der Waals surface area contributed by atoms with Crippen molar-refractivity contribution >= 4 is 23.2 Å². The molecule has 3 rings (SSSR count). The van der Waals surface area contributed by atoms with Crippen LogP contribution in [0, 0.1) is 0 Å². The van der Waals surface area contributed by atoms with Crippen molar-refractivity contribution in [3.8, 4) is 0 Å². The lowest BCUT2D eigenvalue weighted by Gasteiger charge is -2.14. The van der Waals surface area contributed by atoms with Gasteiger partial charge in [0.25, 0.3) is 0 Å². The van der Waals surface area contributed by atoms with E-state index >= 15 is 0 Å². The van der Waals surface area contributed by atoms with E-state index < -0.39 is 5.92 Å². The fourth-order valence-corrected chi connectivity index (χ4v) is 2.90. The van der Waals surface area contributed by atoms with Crippen molar-refractivity contribution in [2.24, 2.45) is 0 Å². The molecule has 0 bridgehead atoms. The van der Waals surface area contributed by atoms with Crippen molar-refractivity contribution < 1.29 is 14.4 Å². The summed E-state index contributed by atoms with van der Waals surface area (Å²) in [6.07, 6.45) is 0. The van der Waals surface area contributed by atoms with Crippen molar-refractivity contribution in [2.75, 3.05) is 5.32 Å². The molecule has 0 spiro atoms. The molecule has 0 aliphatic rings. The summed E-state index contributed by atoms with van der Waals surface area (Å²) in [5.41, 5.74) is 3.15. The molecule has 140 valence electrons. The zero-order chi connectivity index (χ0) is 20.1. The molecule has 28 heavy (non-hydrogen) atoms. The second-order valence-corrected chi connectivity index (χ2v) is 6.67. The number of carbonyl (C=O) groups is 3. The maximum atomic E-state index is 12.6. The molecular weight excluding hydrogens is 350 g/mol. The lowest BCUT2D eigenvalue weighted by atomic mass is 9.95. The lowest BCUT2D eigenvalue weighted by molar-refractivity contribution is -0.117. The summed E-state index contributed by atoms with van der Waals surface area (Å²) < 4.78 is 0. The van der Waals surface area contributed by atoms with Crippen molar-refractivity contribution in [1.82, 2.24) is 0 Å². The van der Waals surface area contributed by atoms with E-state index in [1.807, 2.05) is 24.3 Å². The van der Waals surface area contributed by atoms with E-state index in [0.29, 0.717) is 22.4 Å². The van der Waals surface area contributed by atoms with Gasteiger partial charge in [-0.25, -0.2) is 0 Å². The number of hydrogen-bond donors (Lipinski definition) is 1. The zero-order valence-electron chi connectivity index (χ0n) is 15.8. The van der Waals surface area contributed by atoms with Crippen LogP contribution in [-0.4, -0.2) is 17.5 Å². The van der Waals surface area contributed by atoms with Crippen LogP contribution >= 0.6 is 0 Å². The Hall–Kier alpha value is -3.53. The Kier molecular flexibility index (Phi) is 5.80. The molecule has 1 amide bonds. The number of carbonyl (C=O) groups excluding carboxylic acids is 3. The van der Waals surface area contributed by atoms with Crippen molar-refractivity contribution in [2.45, 2.75) is 19.8 Å². The van der Waals surface area contributed by atoms with Crippen LogP contribution < -0.4 is 5.32 Å². The number of Topliss-reactive ketones (excluding diaryl/α,β-unsaturated/α-hetero) is 1. The van der Waals surface area contributed by atoms with Crippen LogP contribution in [0.3, 0.4) is 0 Å². The van der Waals surface area contributed by atoms with Gasteiger partial charge in [-0.05, 0) is 49.7 Å². The Bertz CT molecular complexity index is 1010. The Balaban J connectivity index is 1.75. The van der Waals surface area contributed by atoms with Gasteiger partial charge in [-0.2, -0.15) is 0 Å². The number of rotatable bonds is 6. The first-order valence-corrected chi connectivity index (χ1v) is 9.07. The van der Waals surface area contributed by atoms with Gasteiger partial charge in [-0.1, -0.05) is 48.5 Å². The molecule has 3 aromatic carbocycles. The number of anilines is 1. The fraction of sp³-hybridized carbons (Fsp3) is 0.125. The quantitative estimate of drug-likeness (QED) is 0.629. The van der Waals surface area contributed by atoms with E-state index in [4.69, 9.17) is 0 Å². The van der Waals surface area contributed by atoms with Gasteiger partial charge in [0.15, 0.2) is 11.6 Å². The van der Waals surface area contributed by atoms with Crippen LogP contribution in [0.15, 0.2) is 78.9 Å². The molecule has 4 nitrogen and oxygen atoms in total. The zero-order valence-corrected chi connectivity index (χ0v) is 15.8. The van der Waals surface area contributed by atoms with Crippen LogP contribution in [0.1, 0.15) is 51.6 Å². The predicted octanol–water partition coefficient (Wildman–Crippen LogP) is 4.86. The fourth-order valence-electron chi connectivity index (χ4n) is 2.90. The second-order valence-electron chi connectivity index (χ2n) is 6.67. The van der Waals surface area contributed by atoms with Crippen molar-refractivity contribution in [3.63, 3.8) is 0 Å². The number of benzene rings is 3. The number of nitrogens with one attached hydrogen (secondary N) is 1. The molecule has 0 heterocycles.